The number of allylic oxidation sites excluding steroid dienone is 2. The molecule has 1 aliphatic rings. The van der Waals surface area contributed by atoms with E-state index in [1.807, 2.05) is 19.2 Å². The number of rotatable bonds is 16. The summed E-state index contributed by atoms with van der Waals surface area (Å²) in [6.07, 6.45) is 1.15. The van der Waals surface area contributed by atoms with Crippen LogP contribution in [0.1, 0.15) is 80.9 Å². The van der Waals surface area contributed by atoms with E-state index in [0.29, 0.717) is 23.7 Å². The Kier molecular flexibility index (Phi) is 13.5. The third-order valence-electron chi connectivity index (χ3n) is 7.79. The Morgan fingerprint density at radius 2 is 1.55 bits per heavy atom. The number of nitrogens with zero attached hydrogens (tertiary/aromatic N) is 1. The number of hydrogen-bond donors (Lipinski definition) is 1. The van der Waals surface area contributed by atoms with Gasteiger partial charge in [0.25, 0.3) is 0 Å². The van der Waals surface area contributed by atoms with Gasteiger partial charge in [-0.05, 0) is 92.4 Å². The van der Waals surface area contributed by atoms with Crippen molar-refractivity contribution in [1.29, 1.82) is 0 Å². The van der Waals surface area contributed by atoms with Gasteiger partial charge in [0, 0.05) is 19.4 Å². The molecule has 0 fully saturated rings. The highest BCUT2D eigenvalue weighted by atomic mass is 35.5. The first-order valence-corrected chi connectivity index (χ1v) is 16.5. The van der Waals surface area contributed by atoms with Gasteiger partial charge in [-0.15, -0.1) is 0 Å². The summed E-state index contributed by atoms with van der Waals surface area (Å²) >= 11 is 5.12. The standard InChI is InChI=1S/C32H41ClF5NO2S/c1-39(21-11-23-42(41)22-10-19-31(34,35)32(36,37)38)20-8-3-2-7-14-26-25(24-12-5-4-6-13-24)15-9-16-28-27(26)17-18-29(40)30(28)33/h4-6,12-13,17-18,40H,2-3,7-11,14-16,19-23H2,1H3. The first kappa shape index (κ1) is 34.7. The van der Waals surface area contributed by atoms with Crippen molar-refractivity contribution in [3.05, 3.63) is 64.2 Å². The minimum absolute atomic E-state index is 0.124. The summed E-state index contributed by atoms with van der Waals surface area (Å²) in [6.45, 7) is 1.57. The molecule has 1 atom stereocenters. The maximum atomic E-state index is 13.0. The first-order chi connectivity index (χ1) is 19.9. The molecule has 42 heavy (non-hydrogen) atoms. The van der Waals surface area contributed by atoms with Gasteiger partial charge in [0.2, 0.25) is 0 Å². The summed E-state index contributed by atoms with van der Waals surface area (Å²) in [7, 11) is 1.98. The third kappa shape index (κ3) is 10.1. The van der Waals surface area contributed by atoms with Crippen molar-refractivity contribution >= 4 is 33.9 Å². The lowest BCUT2D eigenvalue weighted by Gasteiger charge is -2.20. The number of unbranched alkanes of at least 4 members (excludes halogenated alkanes) is 3. The fraction of sp³-hybridized carbons (Fsp3) is 0.562. The van der Waals surface area contributed by atoms with E-state index in [-0.39, 0.29) is 11.5 Å². The molecule has 0 heterocycles. The van der Waals surface area contributed by atoms with Gasteiger partial charge in [0.1, 0.15) is 17.3 Å². The van der Waals surface area contributed by atoms with Crippen LogP contribution in [0.15, 0.2) is 42.5 Å². The second-order valence-corrected chi connectivity index (χ2v) is 13.2. The summed E-state index contributed by atoms with van der Waals surface area (Å²) in [6, 6.07) is 14.1. The average Bonchev–Trinajstić information content (AvgIpc) is 3.12. The highest BCUT2D eigenvalue weighted by Gasteiger charge is 2.56. The number of halogens is 6. The van der Waals surface area contributed by atoms with Crippen LogP contribution in [0.5, 0.6) is 5.75 Å². The molecule has 3 nitrogen and oxygen atoms in total. The molecule has 0 bridgehead atoms. The summed E-state index contributed by atoms with van der Waals surface area (Å²) < 4.78 is 74.7. The molecule has 0 radical (unpaired) electrons. The summed E-state index contributed by atoms with van der Waals surface area (Å²) in [4.78, 5) is 2.14. The van der Waals surface area contributed by atoms with Crippen LogP contribution in [-0.4, -0.2) is 58.3 Å². The Balaban J connectivity index is 1.41. The lowest BCUT2D eigenvalue weighted by Crippen LogP contribution is -2.36. The Morgan fingerprint density at radius 1 is 0.881 bits per heavy atom. The van der Waals surface area contributed by atoms with E-state index < -0.39 is 36.1 Å². The normalized spacial score (nSPS) is 15.2. The van der Waals surface area contributed by atoms with Crippen molar-refractivity contribution in [2.24, 2.45) is 0 Å². The van der Waals surface area contributed by atoms with E-state index in [1.165, 1.54) is 16.7 Å². The van der Waals surface area contributed by atoms with Crippen molar-refractivity contribution in [3.8, 4) is 5.75 Å². The van der Waals surface area contributed by atoms with Crippen LogP contribution in [-0.2, 0) is 17.6 Å². The second-order valence-electron chi connectivity index (χ2n) is 11.1. The van der Waals surface area contributed by atoms with Crippen LogP contribution in [0.3, 0.4) is 0 Å². The number of hydrogen-bond acceptors (Lipinski definition) is 3. The van der Waals surface area contributed by atoms with Gasteiger partial charge in [-0.25, -0.2) is 0 Å². The van der Waals surface area contributed by atoms with E-state index in [1.54, 1.807) is 6.07 Å². The molecule has 3 rings (SSSR count). The van der Waals surface area contributed by atoms with Crippen LogP contribution in [0.4, 0.5) is 22.0 Å². The van der Waals surface area contributed by atoms with Gasteiger partial charge < -0.3 is 14.6 Å². The molecule has 0 aromatic heterocycles. The van der Waals surface area contributed by atoms with Gasteiger partial charge >= 0.3 is 12.1 Å². The molecule has 1 N–H and O–H groups in total. The van der Waals surface area contributed by atoms with E-state index in [0.717, 1.165) is 69.0 Å². The Labute approximate surface area is 254 Å². The Hall–Kier alpha value is -1.81. The maximum absolute atomic E-state index is 13.0. The topological polar surface area (TPSA) is 46.5 Å². The smallest absolute Gasteiger partial charge is 0.453 e. The van der Waals surface area contributed by atoms with Crippen LogP contribution in [0, 0.1) is 0 Å². The Bertz CT molecular complexity index is 1160. The number of alkyl halides is 5. The van der Waals surface area contributed by atoms with E-state index in [9.17, 15) is 31.6 Å². The van der Waals surface area contributed by atoms with Gasteiger partial charge in [-0.2, -0.15) is 22.0 Å². The van der Waals surface area contributed by atoms with Crippen molar-refractivity contribution < 1.29 is 31.6 Å². The molecule has 2 aromatic rings. The van der Waals surface area contributed by atoms with Gasteiger partial charge in [0.05, 0.1) is 5.02 Å². The minimum atomic E-state index is -5.56. The molecular formula is C32H41ClF5NO2S. The van der Waals surface area contributed by atoms with Crippen LogP contribution in [0.25, 0.3) is 11.1 Å². The average molecular weight is 634 g/mol. The number of phenols is 1. The van der Waals surface area contributed by atoms with Crippen molar-refractivity contribution in [3.63, 3.8) is 0 Å². The molecule has 234 valence electrons. The Morgan fingerprint density at radius 3 is 2.26 bits per heavy atom. The van der Waals surface area contributed by atoms with Gasteiger partial charge in [-0.1, -0.05) is 72.0 Å². The SMILES string of the molecule is CN(CCCCCCC1=C(c2ccccc2)CCCc2c1ccc(O)c2Cl)CCC[S+]([O-])CCCC(F)(F)C(F)(F)F. The maximum Gasteiger partial charge on any atom is 0.453 e. The number of phenolic OH excluding ortho intramolecular Hbond substituents is 1. The molecule has 0 saturated heterocycles. The zero-order valence-electron chi connectivity index (χ0n) is 24.1. The molecular weight excluding hydrogens is 593 g/mol. The zero-order chi connectivity index (χ0) is 30.8. The predicted octanol–water partition coefficient (Wildman–Crippen LogP) is 9.29. The zero-order valence-corrected chi connectivity index (χ0v) is 25.7. The minimum Gasteiger partial charge on any atom is -0.616 e. The van der Waals surface area contributed by atoms with Crippen molar-refractivity contribution in [1.82, 2.24) is 4.90 Å². The summed E-state index contributed by atoms with van der Waals surface area (Å²) in [5.74, 6) is -4.45. The van der Waals surface area contributed by atoms with Crippen molar-refractivity contribution in [2.75, 3.05) is 31.6 Å². The molecule has 0 amide bonds. The molecule has 2 aromatic carbocycles. The van der Waals surface area contributed by atoms with Crippen LogP contribution < -0.4 is 0 Å². The van der Waals surface area contributed by atoms with E-state index >= 15 is 0 Å². The highest BCUT2D eigenvalue weighted by Crippen LogP contribution is 2.43. The lowest BCUT2D eigenvalue weighted by atomic mass is 9.89. The molecule has 0 aliphatic heterocycles. The summed E-state index contributed by atoms with van der Waals surface area (Å²) in [5.41, 5.74) is 6.05. The first-order valence-electron chi connectivity index (χ1n) is 14.7. The summed E-state index contributed by atoms with van der Waals surface area (Å²) in [5, 5.41) is 10.6. The number of aromatic hydroxyl groups is 1. The molecule has 1 aliphatic carbocycles. The van der Waals surface area contributed by atoms with Crippen molar-refractivity contribution in [2.45, 2.75) is 82.7 Å². The van der Waals surface area contributed by atoms with Gasteiger partial charge in [0.15, 0.2) is 0 Å². The highest BCUT2D eigenvalue weighted by molar-refractivity contribution is 7.91. The number of fused-ring (bicyclic) bond motifs is 1. The molecule has 0 saturated carbocycles. The largest absolute Gasteiger partial charge is 0.616 e. The van der Waals surface area contributed by atoms with E-state index in [4.69, 9.17) is 11.6 Å². The van der Waals surface area contributed by atoms with E-state index in [2.05, 4.69) is 29.2 Å². The fourth-order valence-electron chi connectivity index (χ4n) is 5.48. The quantitative estimate of drug-likeness (QED) is 0.114. The number of benzene rings is 2. The second kappa shape index (κ2) is 16.3. The van der Waals surface area contributed by atoms with Gasteiger partial charge in [-0.3, -0.25) is 0 Å². The lowest BCUT2D eigenvalue weighted by molar-refractivity contribution is -0.284. The molecule has 1 unspecified atom stereocenters. The predicted molar refractivity (Wildman–Crippen MR) is 163 cm³/mol. The molecule has 10 heteroatoms. The molecule has 0 spiro atoms. The monoisotopic (exact) mass is 633 g/mol. The third-order valence-corrected chi connectivity index (χ3v) is 9.70. The van der Waals surface area contributed by atoms with Crippen LogP contribution >= 0.6 is 11.6 Å². The van der Waals surface area contributed by atoms with Crippen LogP contribution in [0.2, 0.25) is 5.02 Å². The fourth-order valence-corrected chi connectivity index (χ4v) is 6.86.